The average Bonchev–Trinajstić information content (AvgIpc) is 2.49. The molecule has 3 rings (SSSR count). The molecule has 1 atom stereocenters. The van der Waals surface area contributed by atoms with Gasteiger partial charge in [-0.05, 0) is 36.1 Å². The number of hydrogen-bond donors (Lipinski definition) is 1. The molecule has 0 aliphatic carbocycles. The summed E-state index contributed by atoms with van der Waals surface area (Å²) in [6.07, 6.45) is 1.43. The second-order valence-corrected chi connectivity index (χ2v) is 5.55. The quantitative estimate of drug-likeness (QED) is 0.931. The Labute approximate surface area is 118 Å². The summed E-state index contributed by atoms with van der Waals surface area (Å²) in [7, 11) is 0. The highest BCUT2D eigenvalue weighted by molar-refractivity contribution is 5.37. The monoisotopic (exact) mass is 271 g/mol. The number of halogens is 1. The van der Waals surface area contributed by atoms with Gasteiger partial charge in [0.25, 0.3) is 0 Å². The Morgan fingerprint density at radius 1 is 1.10 bits per heavy atom. The number of ether oxygens (including phenoxy) is 1. The molecule has 3 heteroatoms. The number of fused-ring (bicyclic) bond motifs is 1. The fourth-order valence-corrected chi connectivity index (χ4v) is 2.84. The molecule has 20 heavy (non-hydrogen) atoms. The van der Waals surface area contributed by atoms with Gasteiger partial charge in [-0.1, -0.05) is 36.4 Å². The first-order valence-electron chi connectivity index (χ1n) is 6.87. The number of para-hydroxylation sites is 1. The minimum absolute atomic E-state index is 0.167. The van der Waals surface area contributed by atoms with Crippen molar-refractivity contribution in [2.45, 2.75) is 12.8 Å². The zero-order chi connectivity index (χ0) is 14.0. The van der Waals surface area contributed by atoms with Gasteiger partial charge >= 0.3 is 0 Å². The lowest BCUT2D eigenvalue weighted by Gasteiger charge is -2.37. The van der Waals surface area contributed by atoms with E-state index in [-0.39, 0.29) is 11.2 Å². The van der Waals surface area contributed by atoms with E-state index >= 15 is 0 Å². The first kappa shape index (κ1) is 13.1. The number of nitrogens with two attached hydrogens (primary N) is 1. The molecule has 104 valence electrons. The van der Waals surface area contributed by atoms with Gasteiger partial charge in [0.2, 0.25) is 0 Å². The summed E-state index contributed by atoms with van der Waals surface area (Å²) >= 11 is 0. The lowest BCUT2D eigenvalue weighted by molar-refractivity contribution is 0.125. The molecule has 2 aromatic rings. The zero-order valence-electron chi connectivity index (χ0n) is 11.3. The molecule has 0 saturated carbocycles. The molecule has 2 N–H and O–H groups in total. The third kappa shape index (κ3) is 2.41. The molecule has 0 saturated heterocycles. The van der Waals surface area contributed by atoms with Crippen molar-refractivity contribution in [2.24, 2.45) is 11.1 Å². The fourth-order valence-electron chi connectivity index (χ4n) is 2.84. The molecule has 1 heterocycles. The van der Waals surface area contributed by atoms with E-state index in [1.807, 2.05) is 30.3 Å². The second-order valence-electron chi connectivity index (χ2n) is 5.55. The normalized spacial score (nSPS) is 21.1. The van der Waals surface area contributed by atoms with E-state index in [1.165, 1.54) is 6.07 Å². The maximum Gasteiger partial charge on any atom is 0.126 e. The van der Waals surface area contributed by atoms with E-state index in [1.54, 1.807) is 6.07 Å². The molecule has 0 fully saturated rings. The third-order valence-corrected chi connectivity index (χ3v) is 4.03. The Kier molecular flexibility index (Phi) is 3.45. The van der Waals surface area contributed by atoms with Crippen LogP contribution in [0.25, 0.3) is 0 Å². The largest absolute Gasteiger partial charge is 0.493 e. The van der Waals surface area contributed by atoms with E-state index in [2.05, 4.69) is 6.07 Å². The predicted molar refractivity (Wildman–Crippen MR) is 77.2 cm³/mol. The van der Waals surface area contributed by atoms with E-state index < -0.39 is 0 Å². The first-order chi connectivity index (χ1) is 9.72. The van der Waals surface area contributed by atoms with Gasteiger partial charge in [0.15, 0.2) is 0 Å². The standard InChI is InChI=1S/C17H18FNO/c18-15-7-3-1-5-13(15)9-17(11-19)10-14-6-2-4-8-16(14)20-12-17/h1-8H,9-12,19H2. The molecule has 1 unspecified atom stereocenters. The summed E-state index contributed by atoms with van der Waals surface area (Å²) < 4.78 is 19.7. The van der Waals surface area contributed by atoms with Crippen LogP contribution in [0, 0.1) is 11.2 Å². The molecular formula is C17H18FNO. The van der Waals surface area contributed by atoms with Crippen LogP contribution in [0.3, 0.4) is 0 Å². The average molecular weight is 271 g/mol. The van der Waals surface area contributed by atoms with Crippen LogP contribution in [0.4, 0.5) is 4.39 Å². The molecule has 1 aliphatic heterocycles. The summed E-state index contributed by atoms with van der Waals surface area (Å²) in [6, 6.07) is 14.9. The predicted octanol–water partition coefficient (Wildman–Crippen LogP) is 2.95. The molecule has 0 radical (unpaired) electrons. The van der Waals surface area contributed by atoms with E-state index in [0.29, 0.717) is 25.1 Å². The highest BCUT2D eigenvalue weighted by Gasteiger charge is 2.35. The van der Waals surface area contributed by atoms with Gasteiger partial charge in [-0.25, -0.2) is 4.39 Å². The molecule has 0 spiro atoms. The maximum atomic E-state index is 13.9. The molecule has 0 amide bonds. The van der Waals surface area contributed by atoms with Crippen LogP contribution in [0.5, 0.6) is 5.75 Å². The Hall–Kier alpha value is -1.87. The summed E-state index contributed by atoms with van der Waals surface area (Å²) in [6.45, 7) is 1.02. The Morgan fingerprint density at radius 3 is 2.65 bits per heavy atom. The van der Waals surface area contributed by atoms with Crippen molar-refractivity contribution in [1.82, 2.24) is 0 Å². The van der Waals surface area contributed by atoms with Crippen LogP contribution in [-0.2, 0) is 12.8 Å². The second kappa shape index (κ2) is 5.25. The highest BCUT2D eigenvalue weighted by atomic mass is 19.1. The zero-order valence-corrected chi connectivity index (χ0v) is 11.3. The van der Waals surface area contributed by atoms with Crippen molar-refractivity contribution in [1.29, 1.82) is 0 Å². The molecule has 1 aliphatic rings. The van der Waals surface area contributed by atoms with Crippen LogP contribution in [0.1, 0.15) is 11.1 Å². The minimum atomic E-state index is -0.226. The summed E-state index contributed by atoms with van der Waals surface area (Å²) in [5.41, 5.74) is 7.63. The summed E-state index contributed by atoms with van der Waals surface area (Å²) in [5, 5.41) is 0. The summed E-state index contributed by atoms with van der Waals surface area (Å²) in [5.74, 6) is 0.754. The van der Waals surface area contributed by atoms with Crippen LogP contribution in [0.15, 0.2) is 48.5 Å². The van der Waals surface area contributed by atoms with Crippen molar-refractivity contribution >= 4 is 0 Å². The van der Waals surface area contributed by atoms with E-state index in [0.717, 1.165) is 17.7 Å². The van der Waals surface area contributed by atoms with Gasteiger partial charge in [0, 0.05) is 12.0 Å². The van der Waals surface area contributed by atoms with Crippen molar-refractivity contribution in [3.05, 3.63) is 65.5 Å². The van der Waals surface area contributed by atoms with E-state index in [4.69, 9.17) is 10.5 Å². The Bertz CT molecular complexity index is 613. The molecule has 0 aromatic heterocycles. The van der Waals surface area contributed by atoms with Gasteiger partial charge in [0.05, 0.1) is 6.61 Å². The molecule has 2 aromatic carbocycles. The van der Waals surface area contributed by atoms with Gasteiger partial charge in [-0.15, -0.1) is 0 Å². The minimum Gasteiger partial charge on any atom is -0.493 e. The number of hydrogen-bond acceptors (Lipinski definition) is 2. The molecular weight excluding hydrogens is 253 g/mol. The van der Waals surface area contributed by atoms with Gasteiger partial charge in [-0.3, -0.25) is 0 Å². The lowest BCUT2D eigenvalue weighted by Crippen LogP contribution is -2.43. The fraction of sp³-hybridized carbons (Fsp3) is 0.294. The number of rotatable bonds is 3. The van der Waals surface area contributed by atoms with Gasteiger partial charge < -0.3 is 10.5 Å². The van der Waals surface area contributed by atoms with Gasteiger partial charge in [-0.2, -0.15) is 0 Å². The van der Waals surface area contributed by atoms with Crippen LogP contribution in [0.2, 0.25) is 0 Å². The van der Waals surface area contributed by atoms with Crippen LogP contribution < -0.4 is 10.5 Å². The van der Waals surface area contributed by atoms with Crippen LogP contribution in [-0.4, -0.2) is 13.2 Å². The lowest BCUT2D eigenvalue weighted by atomic mass is 9.75. The molecule has 0 bridgehead atoms. The van der Waals surface area contributed by atoms with Crippen molar-refractivity contribution in [3.63, 3.8) is 0 Å². The van der Waals surface area contributed by atoms with Crippen molar-refractivity contribution in [3.8, 4) is 5.75 Å². The maximum absolute atomic E-state index is 13.9. The highest BCUT2D eigenvalue weighted by Crippen LogP contribution is 2.36. The van der Waals surface area contributed by atoms with Crippen molar-refractivity contribution < 1.29 is 9.13 Å². The third-order valence-electron chi connectivity index (χ3n) is 4.03. The summed E-state index contributed by atoms with van der Waals surface area (Å²) in [4.78, 5) is 0. The first-order valence-corrected chi connectivity index (χ1v) is 6.87. The SMILES string of the molecule is NCC1(Cc2ccccc2F)COc2ccccc2C1. The van der Waals surface area contributed by atoms with E-state index in [9.17, 15) is 4.39 Å². The van der Waals surface area contributed by atoms with Crippen LogP contribution >= 0.6 is 0 Å². The Morgan fingerprint density at radius 2 is 1.85 bits per heavy atom. The van der Waals surface area contributed by atoms with Crippen molar-refractivity contribution in [2.75, 3.05) is 13.2 Å². The topological polar surface area (TPSA) is 35.2 Å². The smallest absolute Gasteiger partial charge is 0.126 e. The van der Waals surface area contributed by atoms with Gasteiger partial charge in [0.1, 0.15) is 11.6 Å². The molecule has 2 nitrogen and oxygen atoms in total. The number of benzene rings is 2. The Balaban J connectivity index is 1.89.